The highest BCUT2D eigenvalue weighted by atomic mass is 32.2. The first-order chi connectivity index (χ1) is 11.8. The van der Waals surface area contributed by atoms with E-state index in [0.717, 1.165) is 16.5 Å². The highest BCUT2D eigenvalue weighted by Gasteiger charge is 2.18. The van der Waals surface area contributed by atoms with Gasteiger partial charge in [0.1, 0.15) is 6.07 Å². The van der Waals surface area contributed by atoms with E-state index in [-0.39, 0.29) is 10.9 Å². The monoisotopic (exact) mass is 354 g/mol. The van der Waals surface area contributed by atoms with Gasteiger partial charge in [-0.3, -0.25) is 4.72 Å². The van der Waals surface area contributed by atoms with Crippen LogP contribution in [-0.2, 0) is 10.0 Å². The molecule has 2 aromatic carbocycles. The molecule has 1 heterocycles. The molecule has 0 aliphatic carbocycles. The Morgan fingerprint density at radius 2 is 1.88 bits per heavy atom. The number of nitrogens with zero attached hydrogens (tertiary/aromatic N) is 1. The third kappa shape index (κ3) is 3.09. The average Bonchev–Trinajstić information content (AvgIpc) is 3.02. The summed E-state index contributed by atoms with van der Waals surface area (Å²) in [5, 5.41) is 9.92. The SMILES string of the molecule is Cc1ccc(NS(=O)(=O)c2ccc(C(C)N)cc2)c2[nH]cc(C#N)c12. The van der Waals surface area contributed by atoms with Crippen molar-refractivity contribution in [3.8, 4) is 6.07 Å². The van der Waals surface area contributed by atoms with E-state index in [2.05, 4.69) is 15.8 Å². The largest absolute Gasteiger partial charge is 0.358 e. The Kier molecular flexibility index (Phi) is 4.25. The van der Waals surface area contributed by atoms with Crippen molar-refractivity contribution < 1.29 is 8.42 Å². The zero-order valence-electron chi connectivity index (χ0n) is 13.9. The summed E-state index contributed by atoms with van der Waals surface area (Å²) < 4.78 is 27.9. The molecule has 3 aromatic rings. The molecule has 0 bridgehead atoms. The number of benzene rings is 2. The summed E-state index contributed by atoms with van der Waals surface area (Å²) in [6.07, 6.45) is 1.58. The second-order valence-corrected chi connectivity index (χ2v) is 7.64. The number of fused-ring (bicyclic) bond motifs is 1. The number of hydrogen-bond acceptors (Lipinski definition) is 4. The predicted octanol–water partition coefficient (Wildman–Crippen LogP) is 3.17. The highest BCUT2D eigenvalue weighted by molar-refractivity contribution is 7.92. The Morgan fingerprint density at radius 3 is 2.48 bits per heavy atom. The van der Waals surface area contributed by atoms with Crippen LogP contribution in [0.5, 0.6) is 0 Å². The van der Waals surface area contributed by atoms with Crippen LogP contribution in [0.2, 0.25) is 0 Å². The van der Waals surface area contributed by atoms with Gasteiger partial charge in [-0.1, -0.05) is 18.2 Å². The second-order valence-electron chi connectivity index (χ2n) is 5.96. The van der Waals surface area contributed by atoms with Crippen LogP contribution in [0.25, 0.3) is 10.9 Å². The predicted molar refractivity (Wildman–Crippen MR) is 97.6 cm³/mol. The number of sulfonamides is 1. The van der Waals surface area contributed by atoms with E-state index < -0.39 is 10.0 Å². The Morgan fingerprint density at radius 1 is 1.20 bits per heavy atom. The molecule has 0 aliphatic heterocycles. The Bertz CT molecular complexity index is 1070. The van der Waals surface area contributed by atoms with E-state index in [1.54, 1.807) is 30.5 Å². The molecule has 128 valence electrons. The second kappa shape index (κ2) is 6.24. The molecule has 3 rings (SSSR count). The number of aromatic nitrogens is 1. The molecule has 0 spiro atoms. The lowest BCUT2D eigenvalue weighted by molar-refractivity contribution is 0.601. The molecular weight excluding hydrogens is 336 g/mol. The number of H-pyrrole nitrogens is 1. The normalized spacial score (nSPS) is 12.7. The van der Waals surface area contributed by atoms with Gasteiger partial charge in [0, 0.05) is 17.6 Å². The van der Waals surface area contributed by atoms with Crippen molar-refractivity contribution >= 4 is 26.6 Å². The number of hydrogen-bond donors (Lipinski definition) is 3. The summed E-state index contributed by atoms with van der Waals surface area (Å²) in [4.78, 5) is 3.13. The zero-order chi connectivity index (χ0) is 18.2. The molecule has 0 saturated heterocycles. The van der Waals surface area contributed by atoms with Crippen LogP contribution in [0.4, 0.5) is 5.69 Å². The maximum absolute atomic E-state index is 12.7. The number of nitrogens with one attached hydrogen (secondary N) is 2. The van der Waals surface area contributed by atoms with Gasteiger partial charge in [0.05, 0.1) is 21.7 Å². The minimum absolute atomic E-state index is 0.151. The van der Waals surface area contributed by atoms with E-state index in [0.29, 0.717) is 16.8 Å². The average molecular weight is 354 g/mol. The Hall–Kier alpha value is -2.82. The van der Waals surface area contributed by atoms with Gasteiger partial charge in [-0.25, -0.2) is 8.42 Å². The smallest absolute Gasteiger partial charge is 0.261 e. The summed E-state index contributed by atoms with van der Waals surface area (Å²) in [6, 6.07) is 11.9. The van der Waals surface area contributed by atoms with E-state index in [4.69, 9.17) is 5.73 Å². The third-order valence-electron chi connectivity index (χ3n) is 4.12. The van der Waals surface area contributed by atoms with Gasteiger partial charge >= 0.3 is 0 Å². The number of rotatable bonds is 4. The molecule has 0 radical (unpaired) electrons. The first kappa shape index (κ1) is 17.0. The van der Waals surface area contributed by atoms with E-state index in [1.807, 2.05) is 13.8 Å². The molecule has 1 unspecified atom stereocenters. The van der Waals surface area contributed by atoms with Gasteiger partial charge in [-0.15, -0.1) is 0 Å². The molecule has 25 heavy (non-hydrogen) atoms. The molecule has 4 N–H and O–H groups in total. The zero-order valence-corrected chi connectivity index (χ0v) is 14.7. The number of nitrogens with two attached hydrogens (primary N) is 1. The summed E-state index contributed by atoms with van der Waals surface area (Å²) in [6.45, 7) is 3.71. The summed E-state index contributed by atoms with van der Waals surface area (Å²) in [5.41, 5.74) is 9.03. The first-order valence-electron chi connectivity index (χ1n) is 7.72. The Labute approximate surface area is 146 Å². The fourth-order valence-corrected chi connectivity index (χ4v) is 3.82. The Balaban J connectivity index is 2.02. The molecule has 0 aliphatic rings. The quantitative estimate of drug-likeness (QED) is 0.668. The van der Waals surface area contributed by atoms with E-state index in [1.165, 1.54) is 12.1 Å². The third-order valence-corrected chi connectivity index (χ3v) is 5.51. The van der Waals surface area contributed by atoms with Crippen molar-refractivity contribution in [2.24, 2.45) is 5.73 Å². The van der Waals surface area contributed by atoms with Crippen LogP contribution in [0, 0.1) is 18.3 Å². The molecule has 6 nitrogen and oxygen atoms in total. The van der Waals surface area contributed by atoms with E-state index >= 15 is 0 Å². The van der Waals surface area contributed by atoms with Gasteiger partial charge in [0.15, 0.2) is 0 Å². The first-order valence-corrected chi connectivity index (χ1v) is 9.21. The van der Waals surface area contributed by atoms with Crippen molar-refractivity contribution in [3.05, 3.63) is 59.3 Å². The minimum atomic E-state index is -3.75. The van der Waals surface area contributed by atoms with Crippen LogP contribution in [0.15, 0.2) is 47.5 Å². The highest BCUT2D eigenvalue weighted by Crippen LogP contribution is 2.30. The van der Waals surface area contributed by atoms with Gasteiger partial charge in [0.25, 0.3) is 10.0 Å². The van der Waals surface area contributed by atoms with Crippen molar-refractivity contribution in [3.63, 3.8) is 0 Å². The lowest BCUT2D eigenvalue weighted by Crippen LogP contribution is -2.14. The molecule has 7 heteroatoms. The van der Waals surface area contributed by atoms with Crippen LogP contribution >= 0.6 is 0 Å². The number of aryl methyl sites for hydroxylation is 1. The molecule has 0 fully saturated rings. The van der Waals surface area contributed by atoms with Crippen LogP contribution in [-0.4, -0.2) is 13.4 Å². The van der Waals surface area contributed by atoms with Gasteiger partial charge < -0.3 is 10.7 Å². The van der Waals surface area contributed by atoms with Crippen molar-refractivity contribution in [2.45, 2.75) is 24.8 Å². The van der Waals surface area contributed by atoms with Gasteiger partial charge in [0.2, 0.25) is 0 Å². The summed E-state index contributed by atoms with van der Waals surface area (Å²) in [5.74, 6) is 0. The van der Waals surface area contributed by atoms with Gasteiger partial charge in [-0.2, -0.15) is 5.26 Å². The number of nitriles is 1. The van der Waals surface area contributed by atoms with Crippen LogP contribution in [0.1, 0.15) is 29.7 Å². The fourth-order valence-electron chi connectivity index (χ4n) is 2.75. The van der Waals surface area contributed by atoms with Crippen LogP contribution in [0.3, 0.4) is 0 Å². The minimum Gasteiger partial charge on any atom is -0.358 e. The van der Waals surface area contributed by atoms with E-state index in [9.17, 15) is 13.7 Å². The standard InChI is InChI=1S/C18H18N4O2S/c1-11-3-8-16(18-17(11)14(9-19)10-21-18)22-25(23,24)15-6-4-13(5-7-15)12(2)20/h3-8,10,12,21-22H,20H2,1-2H3. The lowest BCUT2D eigenvalue weighted by atomic mass is 10.1. The topological polar surface area (TPSA) is 112 Å². The maximum Gasteiger partial charge on any atom is 0.261 e. The summed E-state index contributed by atoms with van der Waals surface area (Å²) >= 11 is 0. The van der Waals surface area contributed by atoms with Gasteiger partial charge in [-0.05, 0) is 43.2 Å². The van der Waals surface area contributed by atoms with Crippen molar-refractivity contribution in [1.82, 2.24) is 4.98 Å². The fraction of sp³-hybridized carbons (Fsp3) is 0.167. The molecule has 0 saturated carbocycles. The van der Waals surface area contributed by atoms with Crippen LogP contribution < -0.4 is 10.5 Å². The molecular formula is C18H18N4O2S. The van der Waals surface area contributed by atoms with Crippen molar-refractivity contribution in [2.75, 3.05) is 4.72 Å². The number of anilines is 1. The lowest BCUT2D eigenvalue weighted by Gasteiger charge is -2.11. The summed E-state index contributed by atoms with van der Waals surface area (Å²) in [7, 11) is -3.75. The maximum atomic E-state index is 12.7. The molecule has 1 atom stereocenters. The number of aromatic amines is 1. The van der Waals surface area contributed by atoms with Crippen molar-refractivity contribution in [1.29, 1.82) is 5.26 Å². The molecule has 1 aromatic heterocycles. The molecule has 0 amide bonds.